The Balaban J connectivity index is 2.01. The molecule has 0 saturated carbocycles. The van der Waals surface area contributed by atoms with E-state index in [0.717, 1.165) is 0 Å². The van der Waals surface area contributed by atoms with Crippen LogP contribution in [0.2, 0.25) is 0 Å². The van der Waals surface area contributed by atoms with Crippen molar-refractivity contribution in [2.45, 2.75) is 25.7 Å². The molecule has 0 fully saturated rings. The molecular weight excluding hydrogens is 378 g/mol. The molecule has 0 aromatic heterocycles. The Bertz CT molecular complexity index is 936. The van der Waals surface area contributed by atoms with Crippen LogP contribution in [0.4, 0.5) is 11.4 Å². The molecule has 0 aliphatic heterocycles. The number of ketones is 1. The van der Waals surface area contributed by atoms with Gasteiger partial charge in [0.2, 0.25) is 15.9 Å². The van der Waals surface area contributed by atoms with E-state index in [1.807, 2.05) is 0 Å². The van der Waals surface area contributed by atoms with Crippen LogP contribution in [0.1, 0.15) is 31.1 Å². The molecule has 0 bridgehead atoms. The van der Waals surface area contributed by atoms with E-state index in [2.05, 4.69) is 10.6 Å². The van der Waals surface area contributed by atoms with E-state index in [0.29, 0.717) is 30.0 Å². The van der Waals surface area contributed by atoms with Crippen LogP contribution < -0.4 is 10.6 Å². The summed E-state index contributed by atoms with van der Waals surface area (Å²) in [5.41, 5.74) is 1.59. The number of amides is 1. The molecule has 0 atom stereocenters. The van der Waals surface area contributed by atoms with Gasteiger partial charge in [0, 0.05) is 30.0 Å². The van der Waals surface area contributed by atoms with Gasteiger partial charge < -0.3 is 10.6 Å². The lowest BCUT2D eigenvalue weighted by Crippen LogP contribution is -2.30. The van der Waals surface area contributed by atoms with Crippen LogP contribution in [-0.2, 0) is 14.8 Å². The predicted octanol–water partition coefficient (Wildman–Crippen LogP) is 2.97. The third-order valence-corrected chi connectivity index (χ3v) is 6.29. The minimum absolute atomic E-state index is 0.0240. The van der Waals surface area contributed by atoms with Crippen molar-refractivity contribution in [3.63, 3.8) is 0 Å². The number of hydrogen-bond acceptors (Lipinski definition) is 5. The quantitative estimate of drug-likeness (QED) is 0.628. The first-order valence-electron chi connectivity index (χ1n) is 9.03. The summed E-state index contributed by atoms with van der Waals surface area (Å²) in [7, 11) is -3.53. The fraction of sp³-hybridized carbons (Fsp3) is 0.300. The lowest BCUT2D eigenvalue weighted by atomic mass is 10.1. The van der Waals surface area contributed by atoms with Crippen LogP contribution in [0, 0.1) is 0 Å². The second-order valence-electron chi connectivity index (χ2n) is 6.12. The molecule has 2 rings (SSSR count). The summed E-state index contributed by atoms with van der Waals surface area (Å²) in [5, 5.41) is 5.65. The molecule has 8 heteroatoms. The molecule has 2 aromatic carbocycles. The van der Waals surface area contributed by atoms with Crippen molar-refractivity contribution in [3.05, 3.63) is 54.1 Å². The molecule has 2 N–H and O–H groups in total. The van der Waals surface area contributed by atoms with Gasteiger partial charge in [-0.15, -0.1) is 0 Å². The highest BCUT2D eigenvalue weighted by molar-refractivity contribution is 7.89. The number of para-hydroxylation sites is 1. The van der Waals surface area contributed by atoms with Gasteiger partial charge in [-0.1, -0.05) is 26.0 Å². The van der Waals surface area contributed by atoms with Gasteiger partial charge in [0.15, 0.2) is 5.78 Å². The van der Waals surface area contributed by atoms with Crippen LogP contribution in [0.3, 0.4) is 0 Å². The average Bonchev–Trinajstić information content (AvgIpc) is 2.67. The van der Waals surface area contributed by atoms with Crippen LogP contribution >= 0.6 is 0 Å². The molecule has 0 aliphatic carbocycles. The first-order chi connectivity index (χ1) is 13.3. The number of rotatable bonds is 9. The van der Waals surface area contributed by atoms with E-state index >= 15 is 0 Å². The first kappa shape index (κ1) is 21.6. The van der Waals surface area contributed by atoms with E-state index in [4.69, 9.17) is 0 Å². The molecule has 7 nitrogen and oxygen atoms in total. The maximum absolute atomic E-state index is 12.5. The number of hydrogen-bond donors (Lipinski definition) is 2. The topological polar surface area (TPSA) is 95.6 Å². The first-order valence-corrected chi connectivity index (χ1v) is 10.5. The summed E-state index contributed by atoms with van der Waals surface area (Å²) in [4.78, 5) is 24.0. The van der Waals surface area contributed by atoms with Gasteiger partial charge in [-0.05, 0) is 43.3 Å². The predicted molar refractivity (Wildman–Crippen MR) is 110 cm³/mol. The summed E-state index contributed by atoms with van der Waals surface area (Å²) in [5.74, 6) is -0.397. The van der Waals surface area contributed by atoms with Crippen molar-refractivity contribution in [1.29, 1.82) is 0 Å². The molecule has 150 valence electrons. The maximum atomic E-state index is 12.5. The Hall–Kier alpha value is -2.71. The van der Waals surface area contributed by atoms with Crippen LogP contribution in [0.15, 0.2) is 53.4 Å². The summed E-state index contributed by atoms with van der Waals surface area (Å²) >= 11 is 0. The van der Waals surface area contributed by atoms with Gasteiger partial charge in [0.1, 0.15) is 0 Å². The number of carbonyl (C=O) groups is 2. The lowest BCUT2D eigenvalue weighted by Gasteiger charge is -2.18. The van der Waals surface area contributed by atoms with Crippen molar-refractivity contribution >= 4 is 33.1 Å². The van der Waals surface area contributed by atoms with Crippen LogP contribution in [0.25, 0.3) is 0 Å². The second-order valence-corrected chi connectivity index (χ2v) is 8.06. The Morgan fingerprint density at radius 1 is 0.964 bits per heavy atom. The van der Waals surface area contributed by atoms with Crippen molar-refractivity contribution in [3.8, 4) is 0 Å². The fourth-order valence-electron chi connectivity index (χ4n) is 2.75. The van der Waals surface area contributed by atoms with Gasteiger partial charge in [-0.3, -0.25) is 9.59 Å². The fourth-order valence-corrected chi connectivity index (χ4v) is 4.21. The summed E-state index contributed by atoms with van der Waals surface area (Å²) in [6, 6.07) is 13.0. The standard InChI is InChI=1S/C20H25N3O4S/c1-4-23(5-2)28(26,27)17-12-10-16(11-13-17)22-20(25)14-21-19-9-7-6-8-18(19)15(3)24/h6-13,21H,4-5,14H2,1-3H3,(H,22,25). The molecule has 0 saturated heterocycles. The third-order valence-electron chi connectivity index (χ3n) is 4.23. The smallest absolute Gasteiger partial charge is 0.243 e. The highest BCUT2D eigenvalue weighted by Gasteiger charge is 2.21. The van der Waals surface area contributed by atoms with E-state index in [1.165, 1.54) is 23.4 Å². The number of nitrogens with one attached hydrogen (secondary N) is 2. The largest absolute Gasteiger partial charge is 0.376 e. The zero-order valence-corrected chi connectivity index (χ0v) is 17.0. The number of nitrogens with zero attached hydrogens (tertiary/aromatic N) is 1. The van der Waals surface area contributed by atoms with E-state index in [1.54, 1.807) is 50.2 Å². The average molecular weight is 404 g/mol. The van der Waals surface area contributed by atoms with E-state index in [9.17, 15) is 18.0 Å². The van der Waals surface area contributed by atoms with Crippen molar-refractivity contribution in [2.75, 3.05) is 30.3 Å². The highest BCUT2D eigenvalue weighted by Crippen LogP contribution is 2.19. The molecule has 0 radical (unpaired) electrons. The SMILES string of the molecule is CCN(CC)S(=O)(=O)c1ccc(NC(=O)CNc2ccccc2C(C)=O)cc1. The second kappa shape index (κ2) is 9.48. The summed E-state index contributed by atoms with van der Waals surface area (Å²) in [6.07, 6.45) is 0. The molecule has 1 amide bonds. The molecule has 2 aromatic rings. The van der Waals surface area contributed by atoms with Gasteiger partial charge in [0.05, 0.1) is 11.4 Å². The maximum Gasteiger partial charge on any atom is 0.243 e. The number of sulfonamides is 1. The number of anilines is 2. The van der Waals surface area contributed by atoms with Gasteiger partial charge in [-0.2, -0.15) is 4.31 Å². The minimum atomic E-state index is -3.53. The Labute approximate surface area is 165 Å². The molecule has 28 heavy (non-hydrogen) atoms. The van der Waals surface area contributed by atoms with Gasteiger partial charge in [0.25, 0.3) is 0 Å². The molecule has 0 heterocycles. The minimum Gasteiger partial charge on any atom is -0.376 e. The molecule has 0 aliphatic rings. The van der Waals surface area contributed by atoms with E-state index < -0.39 is 10.0 Å². The van der Waals surface area contributed by atoms with Crippen LogP contribution in [-0.4, -0.2) is 44.0 Å². The Morgan fingerprint density at radius 2 is 1.57 bits per heavy atom. The van der Waals surface area contributed by atoms with Crippen molar-refractivity contribution < 1.29 is 18.0 Å². The Kier molecular flexibility index (Phi) is 7.31. The lowest BCUT2D eigenvalue weighted by molar-refractivity contribution is -0.114. The van der Waals surface area contributed by atoms with Crippen LogP contribution in [0.5, 0.6) is 0 Å². The highest BCUT2D eigenvalue weighted by atomic mass is 32.2. The van der Waals surface area contributed by atoms with Gasteiger partial charge >= 0.3 is 0 Å². The zero-order chi connectivity index (χ0) is 20.7. The monoisotopic (exact) mass is 403 g/mol. The summed E-state index contributed by atoms with van der Waals surface area (Å²) < 4.78 is 26.3. The zero-order valence-electron chi connectivity index (χ0n) is 16.2. The number of benzene rings is 2. The van der Waals surface area contributed by atoms with Crippen molar-refractivity contribution in [2.24, 2.45) is 0 Å². The van der Waals surface area contributed by atoms with Gasteiger partial charge in [-0.25, -0.2) is 8.42 Å². The summed E-state index contributed by atoms with van der Waals surface area (Å²) in [6.45, 7) is 5.80. The number of Topliss-reactive ketones (excluding diaryl/α,β-unsaturated/α-hetero) is 1. The van der Waals surface area contributed by atoms with Crippen molar-refractivity contribution in [1.82, 2.24) is 4.31 Å². The number of carbonyl (C=O) groups excluding carboxylic acids is 2. The normalized spacial score (nSPS) is 11.3. The molecule has 0 unspecified atom stereocenters. The third kappa shape index (κ3) is 5.17. The van der Waals surface area contributed by atoms with E-state index in [-0.39, 0.29) is 23.1 Å². The Morgan fingerprint density at radius 3 is 2.14 bits per heavy atom. The molecule has 0 spiro atoms. The molecular formula is C20H25N3O4S.